The van der Waals surface area contributed by atoms with Crippen molar-refractivity contribution in [2.45, 2.75) is 6.54 Å². The number of hydrogen-bond donors (Lipinski definition) is 2. The highest BCUT2D eigenvalue weighted by atomic mass is 16.1. The number of benzene rings is 2. The fraction of sp³-hybridized carbons (Fsp3) is 0.0556. The molecule has 120 valence electrons. The first-order chi connectivity index (χ1) is 11.6. The van der Waals surface area contributed by atoms with E-state index in [0.717, 1.165) is 17.4 Å². The number of aldehydes is 1. The van der Waals surface area contributed by atoms with Gasteiger partial charge < -0.3 is 16.0 Å². The lowest BCUT2D eigenvalue weighted by molar-refractivity contribution is 0.100. The molecule has 6 nitrogen and oxygen atoms in total. The van der Waals surface area contributed by atoms with Crippen LogP contribution >= 0.6 is 0 Å². The van der Waals surface area contributed by atoms with Crippen LogP contribution in [0.1, 0.15) is 26.3 Å². The van der Waals surface area contributed by atoms with Crippen LogP contribution in [0, 0.1) is 0 Å². The summed E-state index contributed by atoms with van der Waals surface area (Å²) in [6.45, 7) is 0.631. The van der Waals surface area contributed by atoms with Crippen molar-refractivity contribution in [3.8, 4) is 0 Å². The number of nitrogens with two attached hydrogens (primary N) is 2. The number of carbonyl (C=O) groups is 2. The number of rotatable bonds is 4. The first kappa shape index (κ1) is 15.5. The second kappa shape index (κ2) is 6.37. The summed E-state index contributed by atoms with van der Waals surface area (Å²) < 4.78 is 1.98. The molecule has 0 aliphatic carbocycles. The molecule has 0 atom stereocenters. The molecule has 0 spiro atoms. The standard InChI is InChI=1S/C18H16N4O2/c19-18(20)21-17(24)13-6-7-16-15(8-13)14(11-23)10-22(16)9-12-4-2-1-3-5-12/h1-8,10-11H,9H2,(H4,19,20,21,24). The van der Waals surface area contributed by atoms with Gasteiger partial charge in [-0.1, -0.05) is 30.3 Å². The number of carbonyl (C=O) groups excluding carboxylic acids is 2. The van der Waals surface area contributed by atoms with Crippen LogP contribution in [0.15, 0.2) is 59.7 Å². The number of guanidine groups is 1. The molecule has 24 heavy (non-hydrogen) atoms. The van der Waals surface area contributed by atoms with E-state index in [0.29, 0.717) is 23.1 Å². The number of hydrogen-bond acceptors (Lipinski definition) is 2. The maximum atomic E-state index is 12.0. The van der Waals surface area contributed by atoms with Crippen molar-refractivity contribution >= 4 is 29.1 Å². The van der Waals surface area contributed by atoms with Crippen molar-refractivity contribution < 1.29 is 9.59 Å². The van der Waals surface area contributed by atoms with E-state index in [2.05, 4.69) is 4.99 Å². The average Bonchev–Trinajstić information content (AvgIpc) is 2.92. The lowest BCUT2D eigenvalue weighted by atomic mass is 10.1. The quantitative estimate of drug-likeness (QED) is 0.435. The predicted octanol–water partition coefficient (Wildman–Crippen LogP) is 1.92. The van der Waals surface area contributed by atoms with E-state index in [1.54, 1.807) is 24.4 Å². The monoisotopic (exact) mass is 320 g/mol. The molecule has 3 aromatic rings. The molecule has 0 fully saturated rings. The molecule has 4 N–H and O–H groups in total. The molecule has 0 aliphatic rings. The molecule has 1 amide bonds. The number of fused-ring (bicyclic) bond motifs is 1. The van der Waals surface area contributed by atoms with Crippen LogP contribution in [0.25, 0.3) is 10.9 Å². The summed E-state index contributed by atoms with van der Waals surface area (Å²) in [4.78, 5) is 26.9. The van der Waals surface area contributed by atoms with Crippen LogP contribution < -0.4 is 11.5 Å². The van der Waals surface area contributed by atoms with Crippen LogP contribution in [0.3, 0.4) is 0 Å². The summed E-state index contributed by atoms with van der Waals surface area (Å²) in [5, 5.41) is 0.692. The highest BCUT2D eigenvalue weighted by Gasteiger charge is 2.12. The third-order valence-electron chi connectivity index (χ3n) is 3.71. The molecule has 0 unspecified atom stereocenters. The Balaban J connectivity index is 2.06. The van der Waals surface area contributed by atoms with Gasteiger partial charge >= 0.3 is 0 Å². The molecule has 1 aromatic heterocycles. The summed E-state index contributed by atoms with van der Waals surface area (Å²) >= 11 is 0. The normalized spacial score (nSPS) is 10.5. The Labute approximate surface area is 138 Å². The molecule has 3 rings (SSSR count). The largest absolute Gasteiger partial charge is 0.370 e. The van der Waals surface area contributed by atoms with Gasteiger partial charge in [0.2, 0.25) is 0 Å². The SMILES string of the molecule is NC(N)=NC(=O)c1ccc2c(c1)c(C=O)cn2Cc1ccccc1. The molecule has 2 aromatic carbocycles. The van der Waals surface area contributed by atoms with Crippen molar-refractivity contribution in [1.82, 2.24) is 4.57 Å². The van der Waals surface area contributed by atoms with E-state index in [1.165, 1.54) is 0 Å². The third kappa shape index (κ3) is 3.03. The zero-order chi connectivity index (χ0) is 17.1. The van der Waals surface area contributed by atoms with E-state index < -0.39 is 5.91 Å². The minimum Gasteiger partial charge on any atom is -0.370 e. The number of aromatic nitrogens is 1. The highest BCUT2D eigenvalue weighted by Crippen LogP contribution is 2.23. The fourth-order valence-corrected chi connectivity index (χ4v) is 2.64. The van der Waals surface area contributed by atoms with E-state index >= 15 is 0 Å². The van der Waals surface area contributed by atoms with Crippen LogP contribution in [-0.2, 0) is 6.54 Å². The van der Waals surface area contributed by atoms with Gasteiger partial charge in [0.25, 0.3) is 5.91 Å². The maximum absolute atomic E-state index is 12.0. The van der Waals surface area contributed by atoms with E-state index in [1.807, 2.05) is 34.9 Å². The lowest BCUT2D eigenvalue weighted by Crippen LogP contribution is -2.24. The summed E-state index contributed by atoms with van der Waals surface area (Å²) in [5.74, 6) is -0.832. The van der Waals surface area contributed by atoms with Gasteiger partial charge in [0, 0.05) is 34.8 Å². The molecular weight excluding hydrogens is 304 g/mol. The van der Waals surface area contributed by atoms with Crippen LogP contribution in [0.5, 0.6) is 0 Å². The first-order valence-electron chi connectivity index (χ1n) is 7.34. The molecule has 0 bridgehead atoms. The van der Waals surface area contributed by atoms with Crippen LogP contribution in [0.4, 0.5) is 0 Å². The maximum Gasteiger partial charge on any atom is 0.280 e. The van der Waals surface area contributed by atoms with Gasteiger partial charge in [-0.05, 0) is 23.8 Å². The smallest absolute Gasteiger partial charge is 0.280 e. The van der Waals surface area contributed by atoms with Gasteiger partial charge in [-0.3, -0.25) is 9.59 Å². The zero-order valence-corrected chi connectivity index (χ0v) is 12.8. The van der Waals surface area contributed by atoms with Gasteiger partial charge in [-0.15, -0.1) is 0 Å². The molecule has 0 radical (unpaired) electrons. The molecule has 1 heterocycles. The third-order valence-corrected chi connectivity index (χ3v) is 3.71. The Morgan fingerprint density at radius 1 is 1.12 bits per heavy atom. The molecule has 0 saturated heterocycles. The van der Waals surface area contributed by atoms with Crippen LogP contribution in [-0.4, -0.2) is 22.7 Å². The van der Waals surface area contributed by atoms with Crippen molar-refractivity contribution in [2.24, 2.45) is 16.5 Å². The Kier molecular flexibility index (Phi) is 4.11. The van der Waals surface area contributed by atoms with Crippen LogP contribution in [0.2, 0.25) is 0 Å². The van der Waals surface area contributed by atoms with Crippen molar-refractivity contribution in [3.05, 3.63) is 71.4 Å². The highest BCUT2D eigenvalue weighted by molar-refractivity contribution is 6.06. The Morgan fingerprint density at radius 2 is 1.88 bits per heavy atom. The second-order valence-electron chi connectivity index (χ2n) is 5.39. The first-order valence-corrected chi connectivity index (χ1v) is 7.34. The summed E-state index contributed by atoms with van der Waals surface area (Å²) in [6, 6.07) is 15.0. The second-order valence-corrected chi connectivity index (χ2v) is 5.39. The number of amides is 1. The summed E-state index contributed by atoms with van der Waals surface area (Å²) in [5.41, 5.74) is 13.3. The average molecular weight is 320 g/mol. The molecule has 0 aliphatic heterocycles. The van der Waals surface area contributed by atoms with Crippen molar-refractivity contribution in [1.29, 1.82) is 0 Å². The minimum atomic E-state index is -0.537. The Bertz CT molecular complexity index is 938. The van der Waals surface area contributed by atoms with Gasteiger partial charge in [0.15, 0.2) is 12.2 Å². The summed E-state index contributed by atoms with van der Waals surface area (Å²) in [7, 11) is 0. The van der Waals surface area contributed by atoms with E-state index in [-0.39, 0.29) is 5.96 Å². The van der Waals surface area contributed by atoms with Gasteiger partial charge in [-0.2, -0.15) is 4.99 Å². The molecule has 0 saturated carbocycles. The number of aliphatic imine (C=N–C) groups is 1. The van der Waals surface area contributed by atoms with E-state index in [4.69, 9.17) is 11.5 Å². The zero-order valence-electron chi connectivity index (χ0n) is 12.8. The fourth-order valence-electron chi connectivity index (χ4n) is 2.64. The van der Waals surface area contributed by atoms with Gasteiger partial charge in [-0.25, -0.2) is 0 Å². The van der Waals surface area contributed by atoms with E-state index in [9.17, 15) is 9.59 Å². The minimum absolute atomic E-state index is 0.294. The number of nitrogens with zero attached hydrogens (tertiary/aromatic N) is 2. The lowest BCUT2D eigenvalue weighted by Gasteiger charge is -2.06. The van der Waals surface area contributed by atoms with Crippen molar-refractivity contribution in [2.75, 3.05) is 0 Å². The Morgan fingerprint density at radius 3 is 2.54 bits per heavy atom. The van der Waals surface area contributed by atoms with Gasteiger partial charge in [0.05, 0.1) is 0 Å². The topological polar surface area (TPSA) is 103 Å². The predicted molar refractivity (Wildman–Crippen MR) is 93.0 cm³/mol. The van der Waals surface area contributed by atoms with Crippen molar-refractivity contribution in [3.63, 3.8) is 0 Å². The molecule has 6 heteroatoms. The summed E-state index contributed by atoms with van der Waals surface area (Å²) in [6.07, 6.45) is 2.55. The Hall–Kier alpha value is -3.41. The molecular formula is C18H16N4O2. The van der Waals surface area contributed by atoms with Gasteiger partial charge in [0.1, 0.15) is 0 Å².